The molecule has 1 fully saturated rings. The van der Waals surface area contributed by atoms with E-state index in [1.54, 1.807) is 24.3 Å². The van der Waals surface area contributed by atoms with Crippen molar-refractivity contribution in [3.63, 3.8) is 0 Å². The first-order valence-corrected chi connectivity index (χ1v) is 12.7. The van der Waals surface area contributed by atoms with E-state index in [9.17, 15) is 17.2 Å². The number of thiazole rings is 1. The van der Waals surface area contributed by atoms with Crippen LogP contribution in [0.2, 0.25) is 0 Å². The molecule has 0 radical (unpaired) electrons. The Morgan fingerprint density at radius 1 is 1.10 bits per heavy atom. The molecular formula is C21H19BrF2N2O2S2. The largest absolute Gasteiger partial charge is 0.348 e. The summed E-state index contributed by atoms with van der Waals surface area (Å²) < 4.78 is 53.1. The molecular weight excluding hydrogens is 494 g/mol. The molecule has 9 heteroatoms. The lowest BCUT2D eigenvalue weighted by molar-refractivity contribution is 0.507. The number of aromatic nitrogens is 1. The van der Waals surface area contributed by atoms with Crippen molar-refractivity contribution in [3.05, 3.63) is 75.2 Å². The lowest BCUT2D eigenvalue weighted by Crippen LogP contribution is -2.39. The molecule has 0 amide bonds. The first-order chi connectivity index (χ1) is 14.3. The minimum Gasteiger partial charge on any atom is -0.348 e. The van der Waals surface area contributed by atoms with Crippen LogP contribution in [0.1, 0.15) is 24.1 Å². The fourth-order valence-electron chi connectivity index (χ4n) is 3.58. The van der Waals surface area contributed by atoms with Crippen LogP contribution >= 0.6 is 27.3 Å². The van der Waals surface area contributed by atoms with Gasteiger partial charge in [0.25, 0.3) is 0 Å². The van der Waals surface area contributed by atoms with Gasteiger partial charge in [-0.2, -0.15) is 0 Å². The molecule has 2 heterocycles. The molecule has 30 heavy (non-hydrogen) atoms. The second-order valence-corrected chi connectivity index (χ2v) is 11.2. The van der Waals surface area contributed by atoms with Crippen molar-refractivity contribution in [2.75, 3.05) is 18.0 Å². The van der Waals surface area contributed by atoms with Gasteiger partial charge in [0.05, 0.1) is 15.8 Å². The molecule has 0 saturated carbocycles. The molecule has 4 rings (SSSR count). The number of anilines is 1. The number of piperidine rings is 1. The van der Waals surface area contributed by atoms with Gasteiger partial charge < -0.3 is 4.90 Å². The molecule has 2 aromatic carbocycles. The SMILES string of the molecule is O=S(=O)(c1cccc(Br)c1)C1CCN(c2nc(Cc3ccc(F)c(F)c3)cs2)CC1. The second-order valence-electron chi connectivity index (χ2n) is 7.24. The number of hydrogen-bond donors (Lipinski definition) is 0. The Morgan fingerprint density at radius 3 is 2.57 bits per heavy atom. The smallest absolute Gasteiger partial charge is 0.185 e. The third-order valence-corrected chi connectivity index (χ3v) is 8.89. The van der Waals surface area contributed by atoms with Crippen LogP contribution in [-0.4, -0.2) is 31.7 Å². The maximum atomic E-state index is 13.4. The summed E-state index contributed by atoms with van der Waals surface area (Å²) in [6, 6.07) is 10.7. The van der Waals surface area contributed by atoms with Crippen LogP contribution in [0.3, 0.4) is 0 Å². The monoisotopic (exact) mass is 512 g/mol. The Morgan fingerprint density at radius 2 is 1.87 bits per heavy atom. The summed E-state index contributed by atoms with van der Waals surface area (Å²) in [5.41, 5.74) is 1.44. The Balaban J connectivity index is 1.40. The maximum Gasteiger partial charge on any atom is 0.185 e. The van der Waals surface area contributed by atoms with Gasteiger partial charge in [0.1, 0.15) is 0 Å². The van der Waals surface area contributed by atoms with Crippen molar-refractivity contribution >= 4 is 42.2 Å². The van der Waals surface area contributed by atoms with Crippen molar-refractivity contribution in [3.8, 4) is 0 Å². The third kappa shape index (κ3) is 4.58. The average molecular weight is 513 g/mol. The molecule has 1 saturated heterocycles. The molecule has 1 aromatic heterocycles. The minimum atomic E-state index is -3.37. The second kappa shape index (κ2) is 8.72. The van der Waals surface area contributed by atoms with Crippen LogP contribution < -0.4 is 4.90 Å². The van der Waals surface area contributed by atoms with Gasteiger partial charge in [0, 0.05) is 29.4 Å². The normalized spacial score (nSPS) is 15.5. The van der Waals surface area contributed by atoms with Crippen LogP contribution in [0.25, 0.3) is 0 Å². The van der Waals surface area contributed by atoms with E-state index in [1.807, 2.05) is 11.4 Å². The quantitative estimate of drug-likeness (QED) is 0.470. The zero-order valence-corrected chi connectivity index (χ0v) is 19.1. The fraction of sp³-hybridized carbons (Fsp3) is 0.286. The van der Waals surface area contributed by atoms with Gasteiger partial charge in [-0.3, -0.25) is 0 Å². The number of nitrogens with zero attached hydrogens (tertiary/aromatic N) is 2. The lowest BCUT2D eigenvalue weighted by atomic mass is 10.1. The Kier molecular flexibility index (Phi) is 6.22. The molecule has 1 aliphatic rings. The Hall–Kier alpha value is -1.84. The maximum absolute atomic E-state index is 13.4. The van der Waals surface area contributed by atoms with E-state index in [0.29, 0.717) is 42.8 Å². The fourth-order valence-corrected chi connectivity index (χ4v) is 6.78. The zero-order chi connectivity index (χ0) is 21.3. The zero-order valence-electron chi connectivity index (χ0n) is 15.9. The highest BCUT2D eigenvalue weighted by atomic mass is 79.9. The summed E-state index contributed by atoms with van der Waals surface area (Å²) in [7, 11) is -3.37. The highest BCUT2D eigenvalue weighted by Crippen LogP contribution is 2.30. The molecule has 0 N–H and O–H groups in total. The topological polar surface area (TPSA) is 50.3 Å². The van der Waals surface area contributed by atoms with E-state index in [1.165, 1.54) is 17.4 Å². The van der Waals surface area contributed by atoms with Crippen LogP contribution in [0.4, 0.5) is 13.9 Å². The predicted molar refractivity (Wildman–Crippen MR) is 118 cm³/mol. The van der Waals surface area contributed by atoms with E-state index in [0.717, 1.165) is 21.4 Å². The third-order valence-electron chi connectivity index (χ3n) is 5.18. The van der Waals surface area contributed by atoms with Gasteiger partial charge in [0.2, 0.25) is 0 Å². The summed E-state index contributed by atoms with van der Waals surface area (Å²) in [5.74, 6) is -1.73. The molecule has 0 atom stereocenters. The number of sulfone groups is 1. The summed E-state index contributed by atoms with van der Waals surface area (Å²) >= 11 is 4.81. The summed E-state index contributed by atoms with van der Waals surface area (Å²) in [4.78, 5) is 7.05. The van der Waals surface area contributed by atoms with Crippen LogP contribution in [0.15, 0.2) is 57.2 Å². The van der Waals surface area contributed by atoms with Crippen molar-refractivity contribution in [1.29, 1.82) is 0 Å². The van der Waals surface area contributed by atoms with Gasteiger partial charge in [-0.1, -0.05) is 28.1 Å². The molecule has 0 aliphatic carbocycles. The van der Waals surface area contributed by atoms with E-state index >= 15 is 0 Å². The van der Waals surface area contributed by atoms with Crippen molar-refractivity contribution in [1.82, 2.24) is 4.98 Å². The van der Waals surface area contributed by atoms with Crippen molar-refractivity contribution in [2.24, 2.45) is 0 Å². The van der Waals surface area contributed by atoms with Crippen LogP contribution in [0.5, 0.6) is 0 Å². The lowest BCUT2D eigenvalue weighted by Gasteiger charge is -2.31. The number of hydrogen-bond acceptors (Lipinski definition) is 5. The van der Waals surface area contributed by atoms with Gasteiger partial charge >= 0.3 is 0 Å². The summed E-state index contributed by atoms with van der Waals surface area (Å²) in [6.45, 7) is 1.21. The van der Waals surface area contributed by atoms with Crippen molar-refractivity contribution < 1.29 is 17.2 Å². The molecule has 4 nitrogen and oxygen atoms in total. The number of rotatable bonds is 5. The van der Waals surface area contributed by atoms with Gasteiger partial charge in [0.15, 0.2) is 26.6 Å². The molecule has 0 unspecified atom stereocenters. The predicted octanol–water partition coefficient (Wildman–Crippen LogP) is 5.22. The van der Waals surface area contributed by atoms with Gasteiger partial charge in [-0.15, -0.1) is 11.3 Å². The average Bonchev–Trinajstić information content (AvgIpc) is 3.19. The van der Waals surface area contributed by atoms with Gasteiger partial charge in [-0.05, 0) is 48.7 Å². The first-order valence-electron chi connectivity index (χ1n) is 9.45. The molecule has 0 spiro atoms. The van der Waals surface area contributed by atoms with E-state index in [4.69, 9.17) is 0 Å². The highest BCUT2D eigenvalue weighted by molar-refractivity contribution is 9.10. The first kappa shape index (κ1) is 21.4. The summed E-state index contributed by atoms with van der Waals surface area (Å²) in [6.07, 6.45) is 1.49. The number of halogens is 3. The van der Waals surface area contributed by atoms with E-state index in [2.05, 4.69) is 25.8 Å². The summed E-state index contributed by atoms with van der Waals surface area (Å²) in [5, 5.41) is 2.32. The van der Waals surface area contributed by atoms with Gasteiger partial charge in [-0.25, -0.2) is 22.2 Å². The molecule has 1 aliphatic heterocycles. The van der Waals surface area contributed by atoms with E-state index in [-0.39, 0.29) is 0 Å². The molecule has 158 valence electrons. The standard InChI is InChI=1S/C21H19BrF2N2O2S2/c22-15-2-1-3-18(12-15)30(27,28)17-6-8-26(9-7-17)21-25-16(13-29-21)10-14-4-5-19(23)20(24)11-14/h1-5,11-13,17H,6-10H2. The van der Waals surface area contributed by atoms with Crippen molar-refractivity contribution in [2.45, 2.75) is 29.4 Å². The van der Waals surface area contributed by atoms with E-state index < -0.39 is 26.7 Å². The van der Waals surface area contributed by atoms with Crippen LogP contribution in [-0.2, 0) is 16.3 Å². The number of benzene rings is 2. The highest BCUT2D eigenvalue weighted by Gasteiger charge is 2.32. The minimum absolute atomic E-state index is 0.346. The van der Waals surface area contributed by atoms with Crippen LogP contribution in [0, 0.1) is 11.6 Å². The Bertz CT molecular complexity index is 1160. The molecule has 0 bridgehead atoms. The Labute approximate surface area is 186 Å². The molecule has 3 aromatic rings.